The average molecular weight is 478 g/mol. The summed E-state index contributed by atoms with van der Waals surface area (Å²) in [5.74, 6) is -0.0889. The zero-order valence-electron chi connectivity index (χ0n) is 19.2. The molecule has 0 bridgehead atoms. The summed E-state index contributed by atoms with van der Waals surface area (Å²) < 4.78 is 52.3. The molecular weight excluding hydrogens is 449 g/mol. The van der Waals surface area contributed by atoms with E-state index in [4.69, 9.17) is 14.0 Å². The van der Waals surface area contributed by atoms with Crippen LogP contribution in [0.2, 0.25) is 0 Å². The largest absolute Gasteiger partial charge is 0.355 e. The molecule has 3 heterocycles. The zero-order valence-corrected chi connectivity index (χ0v) is 20.1. The van der Waals surface area contributed by atoms with Gasteiger partial charge in [0.05, 0.1) is 30.3 Å². The van der Waals surface area contributed by atoms with E-state index >= 15 is 0 Å². The van der Waals surface area contributed by atoms with Crippen LogP contribution in [0.5, 0.6) is 0 Å². The fourth-order valence-corrected chi connectivity index (χ4v) is 6.46. The third-order valence-corrected chi connectivity index (χ3v) is 8.14. The number of aromatic amines is 1. The fourth-order valence-electron chi connectivity index (χ4n) is 4.39. The van der Waals surface area contributed by atoms with Gasteiger partial charge in [-0.1, -0.05) is 6.58 Å². The van der Waals surface area contributed by atoms with E-state index in [1.54, 1.807) is 6.92 Å². The second-order valence-electron chi connectivity index (χ2n) is 8.37. The maximum atomic E-state index is 14.6. The van der Waals surface area contributed by atoms with Crippen LogP contribution < -0.4 is 4.90 Å². The van der Waals surface area contributed by atoms with Gasteiger partial charge in [0.2, 0.25) is 0 Å². The number of nitrogens with zero attached hydrogens (tertiary/aromatic N) is 3. The quantitative estimate of drug-likeness (QED) is 0.406. The Hall–Kier alpha value is -2.35. The van der Waals surface area contributed by atoms with E-state index in [0.717, 1.165) is 18.9 Å². The smallest absolute Gasteiger partial charge is 0.330 e. The molecule has 1 aliphatic heterocycles. The number of anilines is 1. The number of hydrogen-bond donors (Lipinski definition) is 1. The topological polar surface area (TPSA) is 80.3 Å². The molecule has 178 valence electrons. The van der Waals surface area contributed by atoms with Crippen LogP contribution in [-0.2, 0) is 13.6 Å². The predicted octanol–water partition coefficient (Wildman–Crippen LogP) is 5.90. The number of aromatic nitrogens is 3. The van der Waals surface area contributed by atoms with E-state index in [1.807, 2.05) is 13.8 Å². The van der Waals surface area contributed by atoms with Gasteiger partial charge in [-0.2, -0.15) is 0 Å². The Morgan fingerprint density at radius 2 is 1.88 bits per heavy atom. The molecular formula is C23H29F2N4O3P. The normalized spacial score (nSPS) is 15.6. The van der Waals surface area contributed by atoms with Gasteiger partial charge in [0, 0.05) is 19.2 Å². The molecule has 4 rings (SSSR count). The molecule has 1 fully saturated rings. The summed E-state index contributed by atoms with van der Waals surface area (Å²) in [6.07, 6.45) is 1.94. The predicted molar refractivity (Wildman–Crippen MR) is 127 cm³/mol. The van der Waals surface area contributed by atoms with Crippen molar-refractivity contribution in [3.63, 3.8) is 0 Å². The van der Waals surface area contributed by atoms with Crippen LogP contribution in [0.1, 0.15) is 39.4 Å². The van der Waals surface area contributed by atoms with Crippen molar-refractivity contribution in [3.05, 3.63) is 36.2 Å². The molecule has 0 unspecified atom stereocenters. The first-order valence-electron chi connectivity index (χ1n) is 11.2. The fraction of sp³-hybridized carbons (Fsp3) is 0.478. The molecule has 1 saturated heterocycles. The van der Waals surface area contributed by atoms with Crippen LogP contribution in [0.25, 0.3) is 27.5 Å². The Morgan fingerprint density at radius 3 is 2.48 bits per heavy atom. The first-order valence-corrected chi connectivity index (χ1v) is 12.9. The van der Waals surface area contributed by atoms with E-state index in [1.165, 1.54) is 6.07 Å². The summed E-state index contributed by atoms with van der Waals surface area (Å²) in [6.45, 7) is 11.4. The van der Waals surface area contributed by atoms with Crippen molar-refractivity contribution in [1.82, 2.24) is 15.0 Å². The summed E-state index contributed by atoms with van der Waals surface area (Å²) >= 11 is 0. The van der Waals surface area contributed by atoms with Crippen molar-refractivity contribution in [2.75, 3.05) is 37.4 Å². The number of H-pyrrole nitrogens is 1. The lowest BCUT2D eigenvalue weighted by Gasteiger charge is -2.34. The van der Waals surface area contributed by atoms with Gasteiger partial charge < -0.3 is 18.9 Å². The van der Waals surface area contributed by atoms with Gasteiger partial charge in [0.15, 0.2) is 11.6 Å². The molecule has 0 saturated carbocycles. The molecule has 1 aliphatic rings. The monoisotopic (exact) mass is 478 g/mol. The number of piperidine rings is 1. The Morgan fingerprint density at radius 1 is 1.21 bits per heavy atom. The molecule has 0 atom stereocenters. The molecule has 7 nitrogen and oxygen atoms in total. The van der Waals surface area contributed by atoms with E-state index in [9.17, 15) is 13.3 Å². The molecule has 1 N–H and O–H groups in total. The minimum Gasteiger partial charge on any atom is -0.355 e. The lowest BCUT2D eigenvalue weighted by atomic mass is 9.99. The van der Waals surface area contributed by atoms with Gasteiger partial charge in [-0.15, -0.1) is 0 Å². The van der Waals surface area contributed by atoms with Gasteiger partial charge in [-0.05, 0) is 51.2 Å². The van der Waals surface area contributed by atoms with Crippen molar-refractivity contribution in [2.45, 2.75) is 33.6 Å². The average Bonchev–Trinajstić information content (AvgIpc) is 3.12. The highest BCUT2D eigenvalue weighted by atomic mass is 31.2. The van der Waals surface area contributed by atoms with Crippen molar-refractivity contribution in [2.24, 2.45) is 5.92 Å². The lowest BCUT2D eigenvalue weighted by molar-refractivity contribution is 0.213. The van der Waals surface area contributed by atoms with Gasteiger partial charge in [0.1, 0.15) is 22.7 Å². The van der Waals surface area contributed by atoms with E-state index in [0.29, 0.717) is 66.2 Å². The standard InChI is InChI=1S/C23H29F2N4O3P/c1-5-31-33(30,32-6-2)13-15-7-9-29(10-8-15)23-21-20(27-22(28-23)14(3)4)19-17(25)11-16(24)12-18(19)26-21/h11-12,15,26H,3,5-10,13H2,1-2,4H3. The van der Waals surface area contributed by atoms with Gasteiger partial charge in [-0.3, -0.25) is 4.57 Å². The summed E-state index contributed by atoms with van der Waals surface area (Å²) in [7, 11) is -3.11. The van der Waals surface area contributed by atoms with E-state index in [-0.39, 0.29) is 11.3 Å². The summed E-state index contributed by atoms with van der Waals surface area (Å²) in [5, 5.41) is 0.238. The van der Waals surface area contributed by atoms with Crippen LogP contribution in [0.3, 0.4) is 0 Å². The number of rotatable bonds is 8. The summed E-state index contributed by atoms with van der Waals surface area (Å²) in [5.41, 5.74) is 1.96. The van der Waals surface area contributed by atoms with Crippen molar-refractivity contribution in [1.29, 1.82) is 0 Å². The van der Waals surface area contributed by atoms with E-state index < -0.39 is 19.2 Å². The molecule has 3 aromatic rings. The Bertz CT molecular complexity index is 1230. The van der Waals surface area contributed by atoms with Gasteiger partial charge >= 0.3 is 7.60 Å². The third-order valence-electron chi connectivity index (χ3n) is 5.87. The number of allylic oxidation sites excluding steroid dienone is 1. The van der Waals surface area contributed by atoms with Crippen LogP contribution in [-0.4, -0.2) is 47.4 Å². The van der Waals surface area contributed by atoms with Crippen LogP contribution in [0.4, 0.5) is 14.6 Å². The van der Waals surface area contributed by atoms with Crippen LogP contribution in [0, 0.1) is 17.6 Å². The minimum absolute atomic E-state index is 0.192. The van der Waals surface area contributed by atoms with Gasteiger partial charge in [0.25, 0.3) is 0 Å². The van der Waals surface area contributed by atoms with Crippen molar-refractivity contribution < 1.29 is 22.4 Å². The van der Waals surface area contributed by atoms with Crippen molar-refractivity contribution in [3.8, 4) is 0 Å². The number of fused-ring (bicyclic) bond motifs is 3. The highest BCUT2D eigenvalue weighted by Crippen LogP contribution is 2.51. The molecule has 0 spiro atoms. The maximum absolute atomic E-state index is 14.6. The molecule has 1 aromatic carbocycles. The van der Waals surface area contributed by atoms with Gasteiger partial charge in [-0.25, -0.2) is 18.7 Å². The van der Waals surface area contributed by atoms with Crippen LogP contribution >= 0.6 is 7.60 Å². The maximum Gasteiger partial charge on any atom is 0.330 e. The first kappa shape index (κ1) is 23.8. The number of nitrogens with one attached hydrogen (secondary N) is 1. The molecule has 0 radical (unpaired) electrons. The first-order chi connectivity index (χ1) is 15.7. The highest BCUT2D eigenvalue weighted by molar-refractivity contribution is 7.53. The highest BCUT2D eigenvalue weighted by Gasteiger charge is 2.32. The van der Waals surface area contributed by atoms with Crippen molar-refractivity contribution >= 4 is 40.9 Å². The molecule has 10 heteroatoms. The molecule has 2 aromatic heterocycles. The Kier molecular flexibility index (Phi) is 6.84. The summed E-state index contributed by atoms with van der Waals surface area (Å²) in [4.78, 5) is 14.4. The second kappa shape index (κ2) is 9.49. The number of hydrogen-bond acceptors (Lipinski definition) is 6. The van der Waals surface area contributed by atoms with Crippen LogP contribution in [0.15, 0.2) is 18.7 Å². The zero-order chi connectivity index (χ0) is 23.8. The SMILES string of the molecule is C=C(C)c1nc(N2CCC(CP(=O)(OCC)OCC)CC2)c2[nH]c3cc(F)cc(F)c3c2n1. The summed E-state index contributed by atoms with van der Waals surface area (Å²) in [6, 6.07) is 2.12. The Balaban J connectivity index is 1.66. The van der Waals surface area contributed by atoms with E-state index in [2.05, 4.69) is 21.4 Å². The second-order valence-corrected chi connectivity index (χ2v) is 10.5. The molecule has 33 heavy (non-hydrogen) atoms. The number of benzene rings is 1. The lowest BCUT2D eigenvalue weighted by Crippen LogP contribution is -2.35. The Labute approximate surface area is 191 Å². The number of halogens is 2. The third kappa shape index (κ3) is 4.81. The minimum atomic E-state index is -3.11. The molecule has 0 aliphatic carbocycles. The molecule has 0 amide bonds.